The van der Waals surface area contributed by atoms with Crippen LogP contribution in [0.15, 0.2) is 58.6 Å². The largest absolute Gasteiger partial charge is 0.411 e. The van der Waals surface area contributed by atoms with E-state index in [9.17, 15) is 18.7 Å². The molecule has 2 aromatic carbocycles. The highest BCUT2D eigenvalue weighted by atomic mass is 32.2. The second kappa shape index (κ2) is 8.90. The van der Waals surface area contributed by atoms with E-state index in [4.69, 9.17) is 0 Å². The summed E-state index contributed by atoms with van der Waals surface area (Å²) in [4.78, 5) is 0.292. The van der Waals surface area contributed by atoms with Crippen molar-refractivity contribution in [3.63, 3.8) is 0 Å². The van der Waals surface area contributed by atoms with Crippen LogP contribution in [0.25, 0.3) is 0 Å². The zero-order valence-corrected chi connectivity index (χ0v) is 18.7. The molecule has 162 valence electrons. The standard InChI is InChI=1S/C24H31NO4S/c1-17-6-4-5-7-21(17)22(18-8-10-20(11-9-18)30(3,28)29)16-23(25-27)19-12-14-24(2,26)15-13-19/h4-11,19,22,26-27H,12-16H2,1-3H3/b25-23-. The number of hydrogen-bond acceptors (Lipinski definition) is 5. The molecule has 0 saturated heterocycles. The maximum Gasteiger partial charge on any atom is 0.175 e. The van der Waals surface area contributed by atoms with Crippen molar-refractivity contribution in [3.8, 4) is 0 Å². The van der Waals surface area contributed by atoms with Crippen LogP contribution in [0.1, 0.15) is 61.6 Å². The van der Waals surface area contributed by atoms with Gasteiger partial charge in [-0.15, -0.1) is 0 Å². The van der Waals surface area contributed by atoms with E-state index in [2.05, 4.69) is 24.2 Å². The van der Waals surface area contributed by atoms with E-state index in [1.165, 1.54) is 6.26 Å². The number of aryl methyl sites for hydroxylation is 1. The van der Waals surface area contributed by atoms with Crippen molar-refractivity contribution in [1.29, 1.82) is 0 Å². The summed E-state index contributed by atoms with van der Waals surface area (Å²) in [5.74, 6) is 0.0881. The lowest BCUT2D eigenvalue weighted by atomic mass is 9.74. The molecule has 1 atom stereocenters. The monoisotopic (exact) mass is 429 g/mol. The third-order valence-corrected chi connectivity index (χ3v) is 7.48. The van der Waals surface area contributed by atoms with Gasteiger partial charge in [0.1, 0.15) is 0 Å². The fourth-order valence-corrected chi connectivity index (χ4v) is 5.03. The zero-order chi connectivity index (χ0) is 21.9. The Kier molecular flexibility index (Phi) is 6.68. The Morgan fingerprint density at radius 3 is 2.27 bits per heavy atom. The molecule has 0 aromatic heterocycles. The smallest absolute Gasteiger partial charge is 0.175 e. The molecule has 0 amide bonds. The first-order valence-corrected chi connectivity index (χ1v) is 12.3. The predicted molar refractivity (Wildman–Crippen MR) is 119 cm³/mol. The normalized spacial score (nSPS) is 23.9. The van der Waals surface area contributed by atoms with Gasteiger partial charge in [-0.25, -0.2) is 8.42 Å². The Morgan fingerprint density at radius 1 is 1.13 bits per heavy atom. The van der Waals surface area contributed by atoms with Gasteiger partial charge in [0.05, 0.1) is 16.2 Å². The van der Waals surface area contributed by atoms with Crippen LogP contribution < -0.4 is 0 Å². The molecule has 0 aliphatic heterocycles. The van der Waals surface area contributed by atoms with Crippen molar-refractivity contribution in [2.45, 2.75) is 62.4 Å². The van der Waals surface area contributed by atoms with Gasteiger partial charge in [-0.05, 0) is 68.4 Å². The first-order valence-electron chi connectivity index (χ1n) is 10.4. The third-order valence-electron chi connectivity index (χ3n) is 6.35. The Labute approximate surface area is 179 Å². The highest BCUT2D eigenvalue weighted by Crippen LogP contribution is 2.37. The maximum atomic E-state index is 11.8. The fraction of sp³-hybridized carbons (Fsp3) is 0.458. The first-order chi connectivity index (χ1) is 14.1. The highest BCUT2D eigenvalue weighted by molar-refractivity contribution is 7.90. The number of benzene rings is 2. The molecule has 0 heterocycles. The molecule has 1 fully saturated rings. The summed E-state index contributed by atoms with van der Waals surface area (Å²) < 4.78 is 23.7. The van der Waals surface area contributed by atoms with Crippen molar-refractivity contribution < 1.29 is 18.7 Å². The van der Waals surface area contributed by atoms with Crippen molar-refractivity contribution in [3.05, 3.63) is 65.2 Å². The van der Waals surface area contributed by atoms with Gasteiger partial charge >= 0.3 is 0 Å². The quantitative estimate of drug-likeness (QED) is 0.396. The number of oxime groups is 1. The van der Waals surface area contributed by atoms with E-state index in [0.717, 1.165) is 35.2 Å². The van der Waals surface area contributed by atoms with E-state index in [1.54, 1.807) is 12.1 Å². The summed E-state index contributed by atoms with van der Waals surface area (Å²) in [6, 6.07) is 15.1. The van der Waals surface area contributed by atoms with Gasteiger partial charge in [0.2, 0.25) is 0 Å². The summed E-state index contributed by atoms with van der Waals surface area (Å²) in [5.41, 5.74) is 3.35. The number of rotatable bonds is 6. The van der Waals surface area contributed by atoms with Crippen LogP contribution in [0, 0.1) is 12.8 Å². The SMILES string of the molecule is Cc1ccccc1C(C/C(=N/O)C1CCC(C)(O)CC1)c1ccc(S(C)(=O)=O)cc1. The molecule has 1 unspecified atom stereocenters. The molecule has 0 radical (unpaired) electrons. The van der Waals surface area contributed by atoms with Gasteiger partial charge in [-0.1, -0.05) is 41.6 Å². The van der Waals surface area contributed by atoms with E-state index < -0.39 is 15.4 Å². The number of aliphatic hydroxyl groups is 1. The number of nitrogens with zero attached hydrogens (tertiary/aromatic N) is 1. The van der Waals surface area contributed by atoms with Gasteiger partial charge in [-0.2, -0.15) is 0 Å². The van der Waals surface area contributed by atoms with Crippen LogP contribution in [0.5, 0.6) is 0 Å². The van der Waals surface area contributed by atoms with Crippen LogP contribution in [-0.4, -0.2) is 36.3 Å². The minimum absolute atomic E-state index is 0.0480. The summed E-state index contributed by atoms with van der Waals surface area (Å²) in [5, 5.41) is 23.8. The van der Waals surface area contributed by atoms with Crippen LogP contribution >= 0.6 is 0 Å². The fourth-order valence-electron chi connectivity index (χ4n) is 4.40. The lowest BCUT2D eigenvalue weighted by Gasteiger charge is -2.34. The second-order valence-corrected chi connectivity index (χ2v) is 10.8. The van der Waals surface area contributed by atoms with Crippen molar-refractivity contribution >= 4 is 15.5 Å². The molecule has 5 nitrogen and oxygen atoms in total. The third kappa shape index (κ3) is 5.29. The molecule has 1 aliphatic rings. The van der Waals surface area contributed by atoms with Gasteiger partial charge in [0, 0.05) is 24.5 Å². The molecular weight excluding hydrogens is 398 g/mol. The molecule has 2 aromatic rings. The number of hydrogen-bond donors (Lipinski definition) is 2. The van der Waals surface area contributed by atoms with Crippen molar-refractivity contribution in [1.82, 2.24) is 0 Å². The van der Waals surface area contributed by atoms with Crippen molar-refractivity contribution in [2.75, 3.05) is 6.26 Å². The van der Waals surface area contributed by atoms with Gasteiger partial charge in [0.25, 0.3) is 0 Å². The molecule has 6 heteroatoms. The second-order valence-electron chi connectivity index (χ2n) is 8.82. The van der Waals surface area contributed by atoms with Gasteiger partial charge < -0.3 is 10.3 Å². The minimum atomic E-state index is -3.26. The molecular formula is C24H31NO4S. The van der Waals surface area contributed by atoms with Crippen LogP contribution in [0.3, 0.4) is 0 Å². The first kappa shape index (κ1) is 22.5. The maximum absolute atomic E-state index is 11.8. The topological polar surface area (TPSA) is 87.0 Å². The molecule has 1 aliphatic carbocycles. The van der Waals surface area contributed by atoms with E-state index >= 15 is 0 Å². The minimum Gasteiger partial charge on any atom is -0.411 e. The summed E-state index contributed by atoms with van der Waals surface area (Å²) in [7, 11) is -3.26. The average molecular weight is 430 g/mol. The van der Waals surface area contributed by atoms with Crippen LogP contribution in [0.2, 0.25) is 0 Å². The average Bonchev–Trinajstić information content (AvgIpc) is 2.70. The number of sulfone groups is 1. The Balaban J connectivity index is 1.93. The summed E-state index contributed by atoms with van der Waals surface area (Å²) in [6.45, 7) is 3.92. The molecule has 3 rings (SSSR count). The lowest BCUT2D eigenvalue weighted by Crippen LogP contribution is -2.33. The zero-order valence-electron chi connectivity index (χ0n) is 17.9. The Morgan fingerprint density at radius 2 is 1.73 bits per heavy atom. The van der Waals surface area contributed by atoms with E-state index in [-0.39, 0.29) is 11.8 Å². The van der Waals surface area contributed by atoms with Gasteiger partial charge in [0.15, 0.2) is 9.84 Å². The predicted octanol–water partition coefficient (Wildman–Crippen LogP) is 4.69. The lowest BCUT2D eigenvalue weighted by molar-refractivity contribution is 0.0153. The molecule has 0 spiro atoms. The molecule has 0 bridgehead atoms. The van der Waals surface area contributed by atoms with Crippen molar-refractivity contribution in [2.24, 2.45) is 11.1 Å². The summed E-state index contributed by atoms with van der Waals surface area (Å²) >= 11 is 0. The van der Waals surface area contributed by atoms with E-state index in [1.807, 2.05) is 31.2 Å². The van der Waals surface area contributed by atoms with Gasteiger partial charge in [-0.3, -0.25) is 0 Å². The summed E-state index contributed by atoms with van der Waals surface area (Å²) in [6.07, 6.45) is 4.71. The Hall–Kier alpha value is -2.18. The molecule has 2 N–H and O–H groups in total. The highest BCUT2D eigenvalue weighted by Gasteiger charge is 2.32. The van der Waals surface area contributed by atoms with Crippen LogP contribution in [-0.2, 0) is 9.84 Å². The van der Waals surface area contributed by atoms with E-state index in [0.29, 0.717) is 24.2 Å². The Bertz CT molecular complexity index is 1000. The van der Waals surface area contributed by atoms with Crippen LogP contribution in [0.4, 0.5) is 0 Å². The molecule has 1 saturated carbocycles. The molecule has 30 heavy (non-hydrogen) atoms.